The maximum atomic E-state index is 5.90. The molecular formula is C19H26N4O2. The Bertz CT molecular complexity index is 727. The molecule has 0 spiro atoms. The molecule has 0 aliphatic carbocycles. The largest absolute Gasteiger partial charge is 0.472 e. The molecule has 1 aliphatic heterocycles. The standard InChI is InChI=1S/C19H26N4O2/c1-13(2)25-19-18(23-7-9-24-10-8-23)12-17(21-22-19)16-11-15(20-4)6-5-14(16)3/h5-6,11-13,20H,7-10H2,1-4H3. The third-order valence-corrected chi connectivity index (χ3v) is 4.24. The van der Waals surface area contributed by atoms with Crippen LogP contribution in [0, 0.1) is 6.92 Å². The summed E-state index contributed by atoms with van der Waals surface area (Å²) in [6.45, 7) is 9.17. The van der Waals surface area contributed by atoms with Crippen molar-refractivity contribution < 1.29 is 9.47 Å². The maximum absolute atomic E-state index is 5.90. The van der Waals surface area contributed by atoms with Crippen LogP contribution in [-0.2, 0) is 4.74 Å². The van der Waals surface area contributed by atoms with Gasteiger partial charge in [-0.3, -0.25) is 0 Å². The van der Waals surface area contributed by atoms with Crippen molar-refractivity contribution in [1.29, 1.82) is 0 Å². The van der Waals surface area contributed by atoms with Gasteiger partial charge in [-0.2, -0.15) is 0 Å². The first-order valence-corrected chi connectivity index (χ1v) is 8.74. The minimum absolute atomic E-state index is 0.0503. The van der Waals surface area contributed by atoms with E-state index in [4.69, 9.17) is 9.47 Å². The van der Waals surface area contributed by atoms with Crippen LogP contribution >= 0.6 is 0 Å². The molecule has 0 saturated carbocycles. The van der Waals surface area contributed by atoms with E-state index >= 15 is 0 Å². The van der Waals surface area contributed by atoms with Gasteiger partial charge in [-0.1, -0.05) is 6.07 Å². The van der Waals surface area contributed by atoms with Crippen molar-refractivity contribution in [1.82, 2.24) is 10.2 Å². The van der Waals surface area contributed by atoms with E-state index in [1.54, 1.807) is 0 Å². The molecule has 1 aliphatic rings. The summed E-state index contributed by atoms with van der Waals surface area (Å²) in [4.78, 5) is 2.26. The van der Waals surface area contributed by atoms with E-state index in [1.807, 2.05) is 20.9 Å². The summed E-state index contributed by atoms with van der Waals surface area (Å²) in [5, 5.41) is 12.0. The number of rotatable bonds is 5. The molecule has 2 heterocycles. The molecule has 0 bridgehead atoms. The number of aryl methyl sites for hydroxylation is 1. The second-order valence-electron chi connectivity index (χ2n) is 6.47. The molecule has 6 nitrogen and oxygen atoms in total. The van der Waals surface area contributed by atoms with Gasteiger partial charge in [-0.15, -0.1) is 10.2 Å². The van der Waals surface area contributed by atoms with Crippen molar-refractivity contribution in [2.24, 2.45) is 0 Å². The molecule has 0 unspecified atom stereocenters. The number of aromatic nitrogens is 2. The number of nitrogens with zero attached hydrogens (tertiary/aromatic N) is 3. The van der Waals surface area contributed by atoms with Gasteiger partial charge in [-0.05, 0) is 44.5 Å². The molecule has 2 aromatic rings. The first-order valence-electron chi connectivity index (χ1n) is 8.74. The average molecular weight is 342 g/mol. The minimum Gasteiger partial charge on any atom is -0.472 e. The average Bonchev–Trinajstić information content (AvgIpc) is 2.63. The topological polar surface area (TPSA) is 59.5 Å². The van der Waals surface area contributed by atoms with E-state index < -0.39 is 0 Å². The van der Waals surface area contributed by atoms with Gasteiger partial charge >= 0.3 is 0 Å². The predicted octanol–water partition coefficient (Wildman–Crippen LogP) is 3.12. The van der Waals surface area contributed by atoms with Crippen LogP contribution in [0.4, 0.5) is 11.4 Å². The van der Waals surface area contributed by atoms with Gasteiger partial charge in [-0.25, -0.2) is 0 Å². The van der Waals surface area contributed by atoms with E-state index in [2.05, 4.69) is 51.6 Å². The molecule has 3 rings (SSSR count). The number of hydrogen-bond donors (Lipinski definition) is 1. The SMILES string of the molecule is CNc1ccc(C)c(-c2cc(N3CCOCC3)c(OC(C)C)nn2)c1. The van der Waals surface area contributed by atoms with Crippen LogP contribution in [0.5, 0.6) is 5.88 Å². The van der Waals surface area contributed by atoms with E-state index in [9.17, 15) is 0 Å². The number of hydrogen-bond acceptors (Lipinski definition) is 6. The summed E-state index contributed by atoms with van der Waals surface area (Å²) in [5.41, 5.74) is 5.13. The normalized spacial score (nSPS) is 14.7. The number of morpholine rings is 1. The summed E-state index contributed by atoms with van der Waals surface area (Å²) >= 11 is 0. The van der Waals surface area contributed by atoms with Crippen LogP contribution in [0.15, 0.2) is 24.3 Å². The van der Waals surface area contributed by atoms with Crippen molar-refractivity contribution in [3.63, 3.8) is 0 Å². The van der Waals surface area contributed by atoms with Crippen molar-refractivity contribution in [3.8, 4) is 17.1 Å². The van der Waals surface area contributed by atoms with Crippen LogP contribution < -0.4 is 15.0 Å². The van der Waals surface area contributed by atoms with E-state index in [-0.39, 0.29) is 6.10 Å². The molecule has 0 amide bonds. The van der Waals surface area contributed by atoms with Crippen LogP contribution in [0.1, 0.15) is 19.4 Å². The monoisotopic (exact) mass is 342 g/mol. The van der Waals surface area contributed by atoms with Crippen molar-refractivity contribution in [2.45, 2.75) is 26.9 Å². The van der Waals surface area contributed by atoms with E-state index in [0.717, 1.165) is 35.7 Å². The van der Waals surface area contributed by atoms with Gasteiger partial charge < -0.3 is 19.7 Å². The molecule has 1 aromatic carbocycles. The number of anilines is 2. The Morgan fingerprint density at radius 1 is 1.16 bits per heavy atom. The zero-order chi connectivity index (χ0) is 17.8. The van der Waals surface area contributed by atoms with E-state index in [0.29, 0.717) is 19.1 Å². The number of benzene rings is 1. The Kier molecular flexibility index (Phi) is 5.38. The third-order valence-electron chi connectivity index (χ3n) is 4.24. The Morgan fingerprint density at radius 3 is 2.60 bits per heavy atom. The quantitative estimate of drug-likeness (QED) is 0.901. The Morgan fingerprint density at radius 2 is 1.92 bits per heavy atom. The third kappa shape index (κ3) is 4.02. The van der Waals surface area contributed by atoms with Crippen molar-refractivity contribution in [2.75, 3.05) is 43.6 Å². The van der Waals surface area contributed by atoms with Crippen molar-refractivity contribution in [3.05, 3.63) is 29.8 Å². The molecule has 1 N–H and O–H groups in total. The Labute approximate surface area is 149 Å². The highest BCUT2D eigenvalue weighted by Gasteiger charge is 2.20. The first kappa shape index (κ1) is 17.5. The fraction of sp³-hybridized carbons (Fsp3) is 0.474. The lowest BCUT2D eigenvalue weighted by atomic mass is 10.0. The lowest BCUT2D eigenvalue weighted by molar-refractivity contribution is 0.122. The molecule has 1 fully saturated rings. The minimum atomic E-state index is 0.0503. The molecule has 1 saturated heterocycles. The Hall–Kier alpha value is -2.34. The lowest BCUT2D eigenvalue weighted by Crippen LogP contribution is -2.36. The van der Waals surface area contributed by atoms with Gasteiger partial charge in [0.1, 0.15) is 5.69 Å². The van der Waals surface area contributed by atoms with Crippen LogP contribution in [0.2, 0.25) is 0 Å². The molecule has 134 valence electrons. The zero-order valence-electron chi connectivity index (χ0n) is 15.4. The molecule has 6 heteroatoms. The molecule has 0 radical (unpaired) electrons. The Balaban J connectivity index is 2.03. The number of nitrogens with one attached hydrogen (secondary N) is 1. The number of ether oxygens (including phenoxy) is 2. The summed E-state index contributed by atoms with van der Waals surface area (Å²) < 4.78 is 11.4. The highest BCUT2D eigenvalue weighted by atomic mass is 16.5. The van der Waals surface area contributed by atoms with Crippen LogP contribution in [-0.4, -0.2) is 49.7 Å². The van der Waals surface area contributed by atoms with E-state index in [1.165, 1.54) is 5.56 Å². The van der Waals surface area contributed by atoms with Crippen LogP contribution in [0.25, 0.3) is 11.3 Å². The first-order chi connectivity index (χ1) is 12.1. The van der Waals surface area contributed by atoms with Crippen LogP contribution in [0.3, 0.4) is 0 Å². The summed E-state index contributed by atoms with van der Waals surface area (Å²) in [7, 11) is 1.92. The molecule has 0 atom stereocenters. The molecule has 25 heavy (non-hydrogen) atoms. The molecule has 1 aromatic heterocycles. The fourth-order valence-electron chi connectivity index (χ4n) is 2.89. The van der Waals surface area contributed by atoms with Gasteiger partial charge in [0.2, 0.25) is 0 Å². The second kappa shape index (κ2) is 7.70. The summed E-state index contributed by atoms with van der Waals surface area (Å²) in [5.74, 6) is 0.586. The zero-order valence-corrected chi connectivity index (χ0v) is 15.4. The predicted molar refractivity (Wildman–Crippen MR) is 101 cm³/mol. The van der Waals surface area contributed by atoms with Gasteiger partial charge in [0, 0.05) is 31.4 Å². The second-order valence-corrected chi connectivity index (χ2v) is 6.47. The maximum Gasteiger partial charge on any atom is 0.257 e. The smallest absolute Gasteiger partial charge is 0.257 e. The summed E-state index contributed by atoms with van der Waals surface area (Å²) in [6.07, 6.45) is 0.0503. The van der Waals surface area contributed by atoms with Gasteiger partial charge in [0.05, 0.1) is 25.0 Å². The molecular weight excluding hydrogens is 316 g/mol. The highest BCUT2D eigenvalue weighted by Crippen LogP contribution is 2.33. The van der Waals surface area contributed by atoms with Gasteiger partial charge in [0.15, 0.2) is 0 Å². The summed E-state index contributed by atoms with van der Waals surface area (Å²) in [6, 6.07) is 8.34. The van der Waals surface area contributed by atoms with Crippen molar-refractivity contribution >= 4 is 11.4 Å². The van der Waals surface area contributed by atoms with Gasteiger partial charge in [0.25, 0.3) is 5.88 Å². The highest BCUT2D eigenvalue weighted by molar-refractivity contribution is 5.72. The lowest BCUT2D eigenvalue weighted by Gasteiger charge is -2.30. The fourth-order valence-corrected chi connectivity index (χ4v) is 2.89.